The quantitative estimate of drug-likeness (QED) is 0.370. The zero-order valence-corrected chi connectivity index (χ0v) is 18.5. The predicted octanol–water partition coefficient (Wildman–Crippen LogP) is -0.140. The van der Waals surface area contributed by atoms with Crippen LogP contribution in [0, 0.1) is 5.92 Å². The van der Waals surface area contributed by atoms with Crippen molar-refractivity contribution in [3.8, 4) is 0 Å². The Bertz CT molecular complexity index is 613. The minimum Gasteiger partial charge on any atom is -0.465 e. The Kier molecular flexibility index (Phi) is 13.9. The highest BCUT2D eigenvalue weighted by Gasteiger charge is 2.41. The average molecular weight is 451 g/mol. The molecule has 2 aliphatic heterocycles. The summed E-state index contributed by atoms with van der Waals surface area (Å²) in [6.45, 7) is 4.61. The summed E-state index contributed by atoms with van der Waals surface area (Å²) in [5.41, 5.74) is 0. The lowest BCUT2D eigenvalue weighted by molar-refractivity contribution is -0.161. The number of hydrogen-bond acceptors (Lipinski definition) is 8. The molecule has 0 aliphatic carbocycles. The summed E-state index contributed by atoms with van der Waals surface area (Å²) >= 11 is 0. The van der Waals surface area contributed by atoms with Crippen molar-refractivity contribution < 1.29 is 38.2 Å². The van der Waals surface area contributed by atoms with E-state index in [-0.39, 0.29) is 49.3 Å². The smallest absolute Gasteiger partial charge is 0.326 e. The topological polar surface area (TPSA) is 120 Å². The first-order valence-electron chi connectivity index (χ1n) is 9.61. The number of ketones is 2. The van der Waals surface area contributed by atoms with Crippen molar-refractivity contribution in [2.24, 2.45) is 5.92 Å². The molecule has 1 unspecified atom stereocenters. The number of rotatable bonds is 8. The second-order valence-electron chi connectivity index (χ2n) is 6.56. The number of halogens is 1. The van der Waals surface area contributed by atoms with Crippen LogP contribution in [-0.4, -0.2) is 99.4 Å². The summed E-state index contributed by atoms with van der Waals surface area (Å²) in [6, 6.07) is 0. The van der Waals surface area contributed by atoms with Gasteiger partial charge in [-0.05, 0) is 6.92 Å². The van der Waals surface area contributed by atoms with Gasteiger partial charge in [0.05, 0.1) is 26.2 Å². The number of carbonyl (C=O) groups excluding carboxylic acids is 5. The minimum atomic E-state index is -1.28. The molecule has 0 aromatic carbocycles. The van der Waals surface area contributed by atoms with Gasteiger partial charge in [-0.2, -0.15) is 0 Å². The molecule has 0 N–H and O–H groups in total. The number of nitrogens with zero attached hydrogens (tertiary/aromatic N) is 2. The molecule has 0 aromatic heterocycles. The second kappa shape index (κ2) is 14.9. The van der Waals surface area contributed by atoms with E-state index in [1.807, 2.05) is 0 Å². The molecule has 2 fully saturated rings. The van der Waals surface area contributed by atoms with Gasteiger partial charge in [-0.25, -0.2) is 0 Å². The van der Waals surface area contributed by atoms with E-state index in [9.17, 15) is 24.0 Å². The van der Waals surface area contributed by atoms with Crippen LogP contribution in [0.1, 0.15) is 26.2 Å². The fraction of sp³-hybridized carbons (Fsp3) is 0.737. The number of amides is 2. The van der Waals surface area contributed by atoms with Gasteiger partial charge in [-0.15, -0.1) is 12.4 Å². The van der Waals surface area contributed by atoms with Crippen molar-refractivity contribution in [2.45, 2.75) is 26.2 Å². The molecule has 1 atom stereocenters. The Morgan fingerprint density at radius 3 is 2.07 bits per heavy atom. The van der Waals surface area contributed by atoms with Crippen molar-refractivity contribution in [3.63, 3.8) is 0 Å². The van der Waals surface area contributed by atoms with Crippen LogP contribution in [0.5, 0.6) is 0 Å². The Morgan fingerprint density at radius 2 is 1.53 bits per heavy atom. The Labute approximate surface area is 182 Å². The highest BCUT2D eigenvalue weighted by molar-refractivity contribution is 6.17. The highest BCUT2D eigenvalue weighted by Crippen LogP contribution is 2.16. The zero-order valence-electron chi connectivity index (χ0n) is 17.7. The number of methoxy groups -OCH3 is 2. The van der Waals surface area contributed by atoms with Gasteiger partial charge >= 0.3 is 5.97 Å². The molecule has 0 spiro atoms. The minimum absolute atomic E-state index is 0. The third-order valence-corrected chi connectivity index (χ3v) is 4.52. The van der Waals surface area contributed by atoms with Gasteiger partial charge < -0.3 is 24.0 Å². The first-order chi connectivity index (χ1) is 13.8. The monoisotopic (exact) mass is 450 g/mol. The van der Waals surface area contributed by atoms with Crippen LogP contribution in [0.2, 0.25) is 0 Å². The van der Waals surface area contributed by atoms with Gasteiger partial charge in [0.15, 0.2) is 11.7 Å². The van der Waals surface area contributed by atoms with Crippen LogP contribution < -0.4 is 0 Å². The van der Waals surface area contributed by atoms with Crippen LogP contribution >= 0.6 is 12.4 Å². The van der Waals surface area contributed by atoms with Crippen LogP contribution in [0.4, 0.5) is 0 Å². The van der Waals surface area contributed by atoms with E-state index in [0.29, 0.717) is 45.8 Å². The third kappa shape index (κ3) is 8.76. The van der Waals surface area contributed by atoms with E-state index < -0.39 is 17.8 Å². The molecule has 0 bridgehead atoms. The lowest BCUT2D eigenvalue weighted by atomic mass is 9.95. The molecule has 2 aliphatic rings. The van der Waals surface area contributed by atoms with E-state index in [1.54, 1.807) is 18.9 Å². The predicted molar refractivity (Wildman–Crippen MR) is 108 cm³/mol. The van der Waals surface area contributed by atoms with E-state index in [0.717, 1.165) is 0 Å². The van der Waals surface area contributed by atoms with Crippen LogP contribution in [-0.2, 0) is 38.2 Å². The summed E-state index contributed by atoms with van der Waals surface area (Å²) in [4.78, 5) is 60.1. The van der Waals surface area contributed by atoms with Gasteiger partial charge in [0.2, 0.25) is 11.8 Å². The molecule has 11 heteroatoms. The van der Waals surface area contributed by atoms with Crippen LogP contribution in [0.15, 0.2) is 0 Å². The molecule has 0 aromatic rings. The summed E-state index contributed by atoms with van der Waals surface area (Å²) in [5.74, 6) is -2.87. The lowest BCUT2D eigenvalue weighted by Gasteiger charge is -2.29. The second-order valence-corrected chi connectivity index (χ2v) is 6.56. The van der Waals surface area contributed by atoms with Crippen molar-refractivity contribution in [1.82, 2.24) is 9.80 Å². The van der Waals surface area contributed by atoms with Crippen molar-refractivity contribution in [3.05, 3.63) is 0 Å². The molecule has 2 saturated heterocycles. The number of hydrogen-bond donors (Lipinski definition) is 0. The van der Waals surface area contributed by atoms with Gasteiger partial charge in [0.1, 0.15) is 5.78 Å². The average Bonchev–Trinajstić information content (AvgIpc) is 2.67. The maximum atomic E-state index is 11.9. The van der Waals surface area contributed by atoms with E-state index in [4.69, 9.17) is 14.2 Å². The Morgan fingerprint density at radius 1 is 0.967 bits per heavy atom. The number of Topliss-reactive ketones (excluding diaryl/α,β-unsaturated/α-hetero) is 2. The van der Waals surface area contributed by atoms with Gasteiger partial charge in [0.25, 0.3) is 0 Å². The third-order valence-electron chi connectivity index (χ3n) is 4.52. The molecular weight excluding hydrogens is 420 g/mol. The maximum Gasteiger partial charge on any atom is 0.326 e. The van der Waals surface area contributed by atoms with Gasteiger partial charge in [0, 0.05) is 53.2 Å². The van der Waals surface area contributed by atoms with E-state index in [1.165, 1.54) is 12.0 Å². The van der Waals surface area contributed by atoms with Crippen LogP contribution in [0.25, 0.3) is 0 Å². The number of ether oxygens (including phenoxy) is 3. The molecule has 10 nitrogen and oxygen atoms in total. The SMILES string of the molecule is CCOC(=O)C1C(=O)CCN(CCOC)C1=O.COCCN1CCC(=O)CC1=O.Cl. The van der Waals surface area contributed by atoms with Crippen LogP contribution in [0.3, 0.4) is 0 Å². The molecule has 30 heavy (non-hydrogen) atoms. The fourth-order valence-electron chi connectivity index (χ4n) is 2.89. The molecule has 172 valence electrons. The molecule has 2 heterocycles. The van der Waals surface area contributed by atoms with Crippen molar-refractivity contribution in [1.29, 1.82) is 0 Å². The summed E-state index contributed by atoms with van der Waals surface area (Å²) in [7, 11) is 3.13. The highest BCUT2D eigenvalue weighted by atomic mass is 35.5. The number of likely N-dealkylation sites (tertiary alicyclic amines) is 2. The van der Waals surface area contributed by atoms with E-state index in [2.05, 4.69) is 0 Å². The lowest BCUT2D eigenvalue weighted by Crippen LogP contribution is -2.50. The standard InChI is InChI=1S/C11H17NO5.C8H13NO3.ClH/c1-3-17-11(15)9-8(13)4-5-12(10(9)14)6-7-16-2;1-12-5-4-9-3-2-7(10)6-8(9)11;/h9H,3-7H2,1-2H3;2-6H2,1H3;1H. The Balaban J connectivity index is 0.000000573. The summed E-state index contributed by atoms with van der Waals surface area (Å²) in [6.07, 6.45) is 0.762. The number of piperidine rings is 2. The normalized spacial score (nSPS) is 19.1. The summed E-state index contributed by atoms with van der Waals surface area (Å²) in [5, 5.41) is 0. The first-order valence-corrected chi connectivity index (χ1v) is 9.61. The molecule has 0 radical (unpaired) electrons. The maximum absolute atomic E-state index is 11.9. The molecule has 2 rings (SSSR count). The Hall–Kier alpha value is -2.04. The van der Waals surface area contributed by atoms with Crippen molar-refractivity contribution >= 4 is 41.8 Å². The van der Waals surface area contributed by atoms with Gasteiger partial charge in [-0.3, -0.25) is 24.0 Å². The first kappa shape index (κ1) is 28.0. The zero-order chi connectivity index (χ0) is 21.8. The number of carbonyl (C=O) groups is 5. The molecule has 2 amide bonds. The molecular formula is C19H31ClN2O8. The number of esters is 1. The largest absolute Gasteiger partial charge is 0.465 e. The fourth-order valence-corrected chi connectivity index (χ4v) is 2.89. The molecule has 0 saturated carbocycles. The van der Waals surface area contributed by atoms with E-state index >= 15 is 0 Å². The van der Waals surface area contributed by atoms with Gasteiger partial charge in [-0.1, -0.05) is 0 Å². The summed E-state index contributed by atoms with van der Waals surface area (Å²) < 4.78 is 14.4. The van der Waals surface area contributed by atoms with Crippen molar-refractivity contribution in [2.75, 3.05) is 60.2 Å².